The number of imidazole rings is 1. The molecule has 0 radical (unpaired) electrons. The van der Waals surface area contributed by atoms with Gasteiger partial charge in [0, 0.05) is 25.4 Å². The van der Waals surface area contributed by atoms with Crippen LogP contribution in [0, 0.1) is 12.7 Å². The van der Waals surface area contributed by atoms with Crippen molar-refractivity contribution in [3.63, 3.8) is 0 Å². The van der Waals surface area contributed by atoms with E-state index < -0.39 is 23.6 Å². The third-order valence-electron chi connectivity index (χ3n) is 4.85. The molecule has 2 amide bonds. The summed E-state index contributed by atoms with van der Waals surface area (Å²) in [7, 11) is 0. The predicted molar refractivity (Wildman–Crippen MR) is 123 cm³/mol. The average molecular weight is 453 g/mol. The number of rotatable bonds is 7. The molecular formula is C25H29FN4O3. The molecule has 0 spiro atoms. The molecule has 33 heavy (non-hydrogen) atoms. The van der Waals surface area contributed by atoms with Crippen molar-refractivity contribution in [2.75, 3.05) is 0 Å². The number of carbonyl (C=O) groups excluding carboxylic acids is 2. The van der Waals surface area contributed by atoms with Gasteiger partial charge in [-0.15, -0.1) is 0 Å². The summed E-state index contributed by atoms with van der Waals surface area (Å²) in [6.07, 6.45) is 2.91. The van der Waals surface area contributed by atoms with Crippen molar-refractivity contribution in [1.29, 1.82) is 0 Å². The smallest absolute Gasteiger partial charge is 0.408 e. The number of ether oxygens (including phenoxy) is 1. The van der Waals surface area contributed by atoms with Gasteiger partial charge in [-0.3, -0.25) is 4.79 Å². The Labute approximate surface area is 193 Å². The fraction of sp³-hybridized carbons (Fsp3) is 0.320. The maximum absolute atomic E-state index is 14.7. The lowest BCUT2D eigenvalue weighted by Gasteiger charge is -2.23. The van der Waals surface area contributed by atoms with Crippen molar-refractivity contribution in [3.05, 3.63) is 83.7 Å². The normalized spacial score (nSPS) is 12.2. The van der Waals surface area contributed by atoms with E-state index in [0.29, 0.717) is 23.5 Å². The first-order valence-electron chi connectivity index (χ1n) is 10.7. The monoisotopic (exact) mass is 452 g/mol. The van der Waals surface area contributed by atoms with Crippen LogP contribution in [-0.2, 0) is 22.5 Å². The highest BCUT2D eigenvalue weighted by Crippen LogP contribution is 2.17. The van der Waals surface area contributed by atoms with E-state index in [4.69, 9.17) is 4.74 Å². The van der Waals surface area contributed by atoms with E-state index in [1.165, 1.54) is 6.07 Å². The first-order chi connectivity index (χ1) is 15.6. The zero-order valence-electron chi connectivity index (χ0n) is 19.3. The van der Waals surface area contributed by atoms with Gasteiger partial charge in [-0.1, -0.05) is 36.4 Å². The number of nitrogens with zero attached hydrogens (tertiary/aromatic N) is 2. The number of nitrogens with one attached hydrogen (secondary N) is 2. The number of aromatic nitrogens is 2. The Morgan fingerprint density at radius 3 is 2.45 bits per heavy atom. The zero-order chi connectivity index (χ0) is 24.0. The second-order valence-corrected chi connectivity index (χ2v) is 8.74. The molecule has 2 N–H and O–H groups in total. The van der Waals surface area contributed by atoms with Crippen molar-refractivity contribution in [3.8, 4) is 5.69 Å². The van der Waals surface area contributed by atoms with Crippen LogP contribution < -0.4 is 10.6 Å². The van der Waals surface area contributed by atoms with Gasteiger partial charge in [0.25, 0.3) is 0 Å². The molecule has 1 atom stereocenters. The molecule has 1 aromatic heterocycles. The number of alkyl carbamates (subject to hydrolysis) is 1. The Morgan fingerprint density at radius 1 is 1.12 bits per heavy atom. The molecule has 3 aromatic rings. The van der Waals surface area contributed by atoms with Crippen LogP contribution in [0.2, 0.25) is 0 Å². The second-order valence-electron chi connectivity index (χ2n) is 8.74. The van der Waals surface area contributed by atoms with E-state index in [0.717, 1.165) is 5.56 Å². The first kappa shape index (κ1) is 24.0. The van der Waals surface area contributed by atoms with E-state index in [2.05, 4.69) is 15.6 Å². The number of amides is 2. The van der Waals surface area contributed by atoms with Gasteiger partial charge in [0.2, 0.25) is 5.91 Å². The molecule has 0 saturated carbocycles. The third kappa shape index (κ3) is 6.90. The van der Waals surface area contributed by atoms with E-state index >= 15 is 0 Å². The van der Waals surface area contributed by atoms with Gasteiger partial charge >= 0.3 is 6.09 Å². The molecule has 8 heteroatoms. The summed E-state index contributed by atoms with van der Waals surface area (Å²) in [4.78, 5) is 29.3. The number of halogens is 1. The van der Waals surface area contributed by atoms with Crippen molar-refractivity contribution in [2.24, 2.45) is 0 Å². The van der Waals surface area contributed by atoms with Crippen molar-refractivity contribution in [1.82, 2.24) is 20.2 Å². The third-order valence-corrected chi connectivity index (χ3v) is 4.85. The molecule has 0 aliphatic carbocycles. The summed E-state index contributed by atoms with van der Waals surface area (Å²) in [5.41, 5.74) is 1.18. The zero-order valence-corrected chi connectivity index (χ0v) is 19.3. The average Bonchev–Trinajstić information content (AvgIpc) is 3.16. The highest BCUT2D eigenvalue weighted by Gasteiger charge is 2.24. The Bertz CT molecular complexity index is 1110. The first-order valence-corrected chi connectivity index (χ1v) is 10.7. The standard InChI is InChI=1S/C25H29FN4O3/c1-17-27-12-13-30(17)22-11-10-19(14-20(22)26)16-28-23(31)21(15-18-8-6-5-7-9-18)29-24(32)33-25(2,3)4/h5-14,21H,15-16H2,1-4H3,(H,28,31)(H,29,32). The summed E-state index contributed by atoms with van der Waals surface area (Å²) in [6.45, 7) is 7.16. The number of carbonyl (C=O) groups is 2. The molecule has 174 valence electrons. The molecular weight excluding hydrogens is 423 g/mol. The van der Waals surface area contributed by atoms with Crippen LogP contribution >= 0.6 is 0 Å². The quantitative estimate of drug-likeness (QED) is 0.566. The minimum atomic E-state index is -0.847. The Kier molecular flexibility index (Phi) is 7.48. The molecule has 0 aliphatic rings. The van der Waals surface area contributed by atoms with Crippen LogP contribution in [0.5, 0.6) is 0 Å². The largest absolute Gasteiger partial charge is 0.444 e. The SMILES string of the molecule is Cc1nccn1-c1ccc(CNC(=O)C(Cc2ccccc2)NC(=O)OC(C)(C)C)cc1F. The summed E-state index contributed by atoms with van der Waals surface area (Å²) >= 11 is 0. The molecule has 7 nitrogen and oxygen atoms in total. The van der Waals surface area contributed by atoms with E-state index in [1.54, 1.807) is 56.8 Å². The minimum Gasteiger partial charge on any atom is -0.444 e. The van der Waals surface area contributed by atoms with Crippen LogP contribution in [0.4, 0.5) is 9.18 Å². The van der Waals surface area contributed by atoms with Crippen molar-refractivity contribution >= 4 is 12.0 Å². The summed E-state index contributed by atoms with van der Waals surface area (Å²) in [6, 6.07) is 13.3. The highest BCUT2D eigenvalue weighted by molar-refractivity contribution is 5.86. The molecule has 0 aliphatic heterocycles. The maximum atomic E-state index is 14.7. The lowest BCUT2D eigenvalue weighted by molar-refractivity contribution is -0.123. The van der Waals surface area contributed by atoms with Crippen molar-refractivity contribution in [2.45, 2.75) is 52.3 Å². The van der Waals surface area contributed by atoms with Crippen LogP contribution in [0.25, 0.3) is 5.69 Å². The highest BCUT2D eigenvalue weighted by atomic mass is 19.1. The van der Waals surface area contributed by atoms with Gasteiger partial charge < -0.3 is 19.9 Å². The Morgan fingerprint density at radius 2 is 1.85 bits per heavy atom. The van der Waals surface area contributed by atoms with E-state index in [-0.39, 0.29) is 12.5 Å². The fourth-order valence-electron chi connectivity index (χ4n) is 3.31. The minimum absolute atomic E-state index is 0.111. The van der Waals surface area contributed by atoms with Gasteiger partial charge in [-0.2, -0.15) is 0 Å². The van der Waals surface area contributed by atoms with Crippen LogP contribution in [-0.4, -0.2) is 33.2 Å². The van der Waals surface area contributed by atoms with Crippen LogP contribution in [0.1, 0.15) is 37.7 Å². The Hall–Kier alpha value is -3.68. The second kappa shape index (κ2) is 10.3. The molecule has 0 saturated heterocycles. The number of aryl methyl sites for hydroxylation is 1. The Balaban J connectivity index is 1.68. The number of hydrogen-bond donors (Lipinski definition) is 2. The maximum Gasteiger partial charge on any atom is 0.408 e. The predicted octanol–water partition coefficient (Wildman–Crippen LogP) is 4.07. The molecule has 1 unspecified atom stereocenters. The van der Waals surface area contributed by atoms with Gasteiger partial charge in [-0.05, 0) is 51.0 Å². The van der Waals surface area contributed by atoms with E-state index in [1.807, 2.05) is 30.3 Å². The summed E-state index contributed by atoms with van der Waals surface area (Å²) < 4.78 is 21.6. The molecule has 1 heterocycles. The lowest BCUT2D eigenvalue weighted by atomic mass is 10.1. The molecule has 0 fully saturated rings. The molecule has 0 bridgehead atoms. The summed E-state index contributed by atoms with van der Waals surface area (Å²) in [5.74, 6) is -0.137. The van der Waals surface area contributed by atoms with Crippen LogP contribution in [0.3, 0.4) is 0 Å². The van der Waals surface area contributed by atoms with Gasteiger partial charge in [-0.25, -0.2) is 14.2 Å². The van der Waals surface area contributed by atoms with Crippen LogP contribution in [0.15, 0.2) is 60.9 Å². The number of benzene rings is 2. The fourth-order valence-corrected chi connectivity index (χ4v) is 3.31. The van der Waals surface area contributed by atoms with Gasteiger partial charge in [0.15, 0.2) is 0 Å². The summed E-state index contributed by atoms with van der Waals surface area (Å²) in [5, 5.41) is 5.43. The van der Waals surface area contributed by atoms with Gasteiger partial charge in [0.1, 0.15) is 23.3 Å². The number of hydrogen-bond acceptors (Lipinski definition) is 4. The van der Waals surface area contributed by atoms with Gasteiger partial charge in [0.05, 0.1) is 5.69 Å². The topological polar surface area (TPSA) is 85.3 Å². The van der Waals surface area contributed by atoms with Crippen molar-refractivity contribution < 1.29 is 18.7 Å². The van der Waals surface area contributed by atoms with E-state index in [9.17, 15) is 14.0 Å². The molecule has 3 rings (SSSR count). The molecule has 2 aromatic carbocycles. The lowest BCUT2D eigenvalue weighted by Crippen LogP contribution is -2.49.